The van der Waals surface area contributed by atoms with Gasteiger partial charge in [-0.25, -0.2) is 0 Å². The third-order valence-electron chi connectivity index (χ3n) is 14.5. The molecule has 1 aliphatic carbocycles. The molecule has 1 heterocycles. The van der Waals surface area contributed by atoms with Crippen LogP contribution < -0.4 is 0 Å². The summed E-state index contributed by atoms with van der Waals surface area (Å²) in [5, 5.41) is 32.0. The van der Waals surface area contributed by atoms with Gasteiger partial charge in [0.15, 0.2) is 6.29 Å². The molecule has 0 amide bonds. The molecule has 1 fully saturated rings. The first-order chi connectivity index (χ1) is 32.3. The third-order valence-corrected chi connectivity index (χ3v) is 14.5. The SMILES string of the molecule is CCCCCCCCCCCCCCC(=O)OC[C@H]1O[C@H](OC(C)(C)CCC/C(C)=C/C=C/C(C)=C/C/C=C(\C)C/C=C/CC(C)CCCC(C)CCC2=C(C)C=CCC2(C)C)[C@H](O)[C@@H](O)[C@@H]1O. The quantitative estimate of drug-likeness (QED) is 0.0249. The maximum Gasteiger partial charge on any atom is 0.305 e. The van der Waals surface area contributed by atoms with Crippen molar-refractivity contribution in [3.63, 3.8) is 0 Å². The summed E-state index contributed by atoms with van der Waals surface area (Å²) in [6.07, 6.45) is 42.1. The number of ether oxygens (including phenoxy) is 3. The fourth-order valence-corrected chi connectivity index (χ4v) is 9.61. The van der Waals surface area contributed by atoms with Crippen molar-refractivity contribution in [3.8, 4) is 0 Å². The Balaban J connectivity index is 1.63. The second-order valence-corrected chi connectivity index (χ2v) is 22.4. The minimum absolute atomic E-state index is 0.209. The highest BCUT2D eigenvalue weighted by Gasteiger charge is 2.46. The molecule has 0 aromatic rings. The van der Waals surface area contributed by atoms with Crippen molar-refractivity contribution >= 4 is 5.97 Å². The lowest BCUT2D eigenvalue weighted by molar-refractivity contribution is -0.324. The van der Waals surface area contributed by atoms with E-state index in [1.807, 2.05) is 13.8 Å². The van der Waals surface area contributed by atoms with Crippen LogP contribution >= 0.6 is 0 Å². The molecule has 0 radical (unpaired) electrons. The number of unbranched alkanes of at least 4 members (excludes halogenated alkanes) is 11. The first-order valence-electron chi connectivity index (χ1n) is 27.6. The molecule has 2 aliphatic rings. The minimum Gasteiger partial charge on any atom is -0.463 e. The van der Waals surface area contributed by atoms with Crippen LogP contribution in [0.4, 0.5) is 0 Å². The molecular weight excluding hydrogens is 845 g/mol. The monoisotopic (exact) mass is 949 g/mol. The van der Waals surface area contributed by atoms with Gasteiger partial charge in [-0.2, -0.15) is 0 Å². The standard InChI is InChI=1S/C61H104O7/c1-12-13-14-15-16-17-18-19-20-21-22-23-41-55(62)66-46-54-56(63)57(64)58(65)59(67-54)68-61(10,11)45-29-39-50(5)37-27-36-49(4)35-26-33-47(2)31-24-25-32-48(3)34-28-38-51(6)42-43-53-52(7)40-30-44-60(53,8)9/h24-25,27,30,33,35-37,40,48,51,54,56-59,63-65H,12-23,26,28-29,31-32,34,38-39,41-46H2,1-11H3/b25-24+,36-27+,47-33+,49-35+,50-37+/t48?,51?,54-,56-,57+,58-,59-/m1/s1. The van der Waals surface area contributed by atoms with Crippen LogP contribution in [0.25, 0.3) is 0 Å². The summed E-state index contributed by atoms with van der Waals surface area (Å²) in [6, 6.07) is 0. The van der Waals surface area contributed by atoms with Gasteiger partial charge in [-0.15, -0.1) is 0 Å². The van der Waals surface area contributed by atoms with Crippen LogP contribution in [0.1, 0.15) is 237 Å². The van der Waals surface area contributed by atoms with E-state index in [0.29, 0.717) is 18.3 Å². The molecule has 0 aromatic carbocycles. The molecule has 7 nitrogen and oxygen atoms in total. The van der Waals surface area contributed by atoms with Gasteiger partial charge in [0.25, 0.3) is 0 Å². The van der Waals surface area contributed by atoms with E-state index in [-0.39, 0.29) is 12.6 Å². The van der Waals surface area contributed by atoms with Crippen molar-refractivity contribution < 1.29 is 34.3 Å². The molecule has 7 atom stereocenters. The second-order valence-electron chi connectivity index (χ2n) is 22.4. The predicted molar refractivity (Wildman–Crippen MR) is 287 cm³/mol. The number of aliphatic hydroxyl groups is 3. The largest absolute Gasteiger partial charge is 0.463 e. The number of carbonyl (C=O) groups is 1. The smallest absolute Gasteiger partial charge is 0.305 e. The van der Waals surface area contributed by atoms with Gasteiger partial charge in [0.2, 0.25) is 0 Å². The highest BCUT2D eigenvalue weighted by molar-refractivity contribution is 5.69. The van der Waals surface area contributed by atoms with E-state index in [4.69, 9.17) is 14.2 Å². The normalized spacial score (nSPS) is 22.7. The van der Waals surface area contributed by atoms with Gasteiger partial charge in [-0.05, 0) is 123 Å². The summed E-state index contributed by atoms with van der Waals surface area (Å²) >= 11 is 0. The van der Waals surface area contributed by atoms with Crippen molar-refractivity contribution in [2.75, 3.05) is 6.61 Å². The number of hydrogen-bond acceptors (Lipinski definition) is 7. The van der Waals surface area contributed by atoms with Crippen molar-refractivity contribution in [3.05, 3.63) is 82.5 Å². The summed E-state index contributed by atoms with van der Waals surface area (Å²) < 4.78 is 17.5. The van der Waals surface area contributed by atoms with Gasteiger partial charge < -0.3 is 29.5 Å². The molecule has 3 N–H and O–H groups in total. The fourth-order valence-electron chi connectivity index (χ4n) is 9.61. The Labute approximate surface area is 418 Å². The third kappa shape index (κ3) is 27.2. The van der Waals surface area contributed by atoms with E-state index in [2.05, 4.69) is 117 Å². The van der Waals surface area contributed by atoms with E-state index in [1.165, 1.54) is 119 Å². The Kier molecular flexibility index (Phi) is 31.4. The molecule has 2 rings (SSSR count). The van der Waals surface area contributed by atoms with Crippen molar-refractivity contribution in [2.45, 2.75) is 273 Å². The van der Waals surface area contributed by atoms with E-state index in [1.54, 1.807) is 5.57 Å². The Morgan fingerprint density at radius 3 is 2.12 bits per heavy atom. The van der Waals surface area contributed by atoms with Crippen LogP contribution in [-0.4, -0.2) is 64.2 Å². The predicted octanol–water partition coefficient (Wildman–Crippen LogP) is 16.0. The molecule has 1 saturated heterocycles. The average Bonchev–Trinajstić information content (AvgIpc) is 3.27. The van der Waals surface area contributed by atoms with Crippen molar-refractivity contribution in [1.82, 2.24) is 0 Å². The lowest BCUT2D eigenvalue weighted by Gasteiger charge is -2.42. The first-order valence-corrected chi connectivity index (χ1v) is 27.6. The molecule has 0 aromatic heterocycles. The lowest BCUT2D eigenvalue weighted by Crippen LogP contribution is -2.60. The maximum atomic E-state index is 12.5. The fraction of sp³-hybridized carbons (Fsp3) is 0.754. The van der Waals surface area contributed by atoms with Crippen LogP contribution in [0.5, 0.6) is 0 Å². The number of allylic oxidation sites excluding steroid dienone is 14. The van der Waals surface area contributed by atoms with Crippen LogP contribution in [0.2, 0.25) is 0 Å². The number of rotatable bonds is 36. The summed E-state index contributed by atoms with van der Waals surface area (Å²) in [5.74, 6) is 1.17. The molecule has 390 valence electrons. The molecule has 2 unspecified atom stereocenters. The molecule has 1 aliphatic heterocycles. The Bertz CT molecular complexity index is 1610. The molecule has 0 spiro atoms. The number of esters is 1. The van der Waals surface area contributed by atoms with Crippen LogP contribution in [0.15, 0.2) is 82.5 Å². The highest BCUT2D eigenvalue weighted by atomic mass is 16.7. The van der Waals surface area contributed by atoms with Gasteiger partial charge in [0.05, 0.1) is 5.60 Å². The Morgan fingerprint density at radius 1 is 0.809 bits per heavy atom. The minimum atomic E-state index is -1.48. The summed E-state index contributed by atoms with van der Waals surface area (Å²) in [4.78, 5) is 12.5. The molecular formula is C61H104O7. The van der Waals surface area contributed by atoms with Crippen LogP contribution in [0, 0.1) is 17.3 Å². The number of aliphatic hydroxyl groups excluding tert-OH is 3. The topological polar surface area (TPSA) is 105 Å². The summed E-state index contributed by atoms with van der Waals surface area (Å²) in [5.41, 5.74) is 6.71. The van der Waals surface area contributed by atoms with Crippen LogP contribution in [0.3, 0.4) is 0 Å². The van der Waals surface area contributed by atoms with Gasteiger partial charge in [0.1, 0.15) is 31.0 Å². The summed E-state index contributed by atoms with van der Waals surface area (Å²) in [7, 11) is 0. The zero-order chi connectivity index (χ0) is 50.4. The second kappa shape index (κ2) is 34.7. The van der Waals surface area contributed by atoms with Crippen LogP contribution in [-0.2, 0) is 19.0 Å². The Morgan fingerprint density at radius 2 is 1.46 bits per heavy atom. The molecule has 0 bridgehead atoms. The zero-order valence-corrected chi connectivity index (χ0v) is 45.6. The van der Waals surface area contributed by atoms with E-state index in [0.717, 1.165) is 63.2 Å². The van der Waals surface area contributed by atoms with Crippen molar-refractivity contribution in [1.29, 1.82) is 0 Å². The van der Waals surface area contributed by atoms with Gasteiger partial charge in [0, 0.05) is 6.42 Å². The highest BCUT2D eigenvalue weighted by Crippen LogP contribution is 2.40. The van der Waals surface area contributed by atoms with Gasteiger partial charge in [-0.3, -0.25) is 4.79 Å². The molecule has 0 saturated carbocycles. The van der Waals surface area contributed by atoms with E-state index < -0.39 is 36.3 Å². The lowest BCUT2D eigenvalue weighted by atomic mass is 9.73. The van der Waals surface area contributed by atoms with Crippen molar-refractivity contribution in [2.24, 2.45) is 17.3 Å². The molecule has 7 heteroatoms. The first kappa shape index (κ1) is 61.6. The average molecular weight is 949 g/mol. The van der Waals surface area contributed by atoms with Gasteiger partial charge in [-0.1, -0.05) is 207 Å². The molecule has 68 heavy (non-hydrogen) atoms. The Hall–Kier alpha value is -2.55. The number of hydrogen-bond donors (Lipinski definition) is 3. The van der Waals surface area contributed by atoms with E-state index >= 15 is 0 Å². The van der Waals surface area contributed by atoms with E-state index in [9.17, 15) is 20.1 Å². The zero-order valence-electron chi connectivity index (χ0n) is 45.6. The van der Waals surface area contributed by atoms with Gasteiger partial charge >= 0.3 is 5.97 Å². The summed E-state index contributed by atoms with van der Waals surface area (Å²) in [6.45, 7) is 24.4. The number of carbonyl (C=O) groups excluding carboxylic acids is 1. The maximum absolute atomic E-state index is 12.5.